The van der Waals surface area contributed by atoms with Crippen LogP contribution in [0, 0.1) is 0 Å². The molecule has 1 atom stereocenters. The summed E-state index contributed by atoms with van der Waals surface area (Å²) in [4.78, 5) is 11.7. The van der Waals surface area contributed by atoms with Gasteiger partial charge in [-0.2, -0.15) is 0 Å². The number of carbonyl (C=O) groups is 1. The molecule has 2 rings (SSSR count). The quantitative estimate of drug-likeness (QED) is 0.524. The molecule has 1 nitrogen and oxygen atoms in total. The first kappa shape index (κ1) is 8.23. The van der Waals surface area contributed by atoms with Gasteiger partial charge in [-0.1, -0.05) is 46.9 Å². The molecule has 0 radical (unpaired) electrons. The van der Waals surface area contributed by atoms with E-state index >= 15 is 0 Å². The van der Waals surface area contributed by atoms with Gasteiger partial charge in [-0.05, 0) is 18.9 Å². The minimum atomic E-state index is -0.207. The highest BCUT2D eigenvalue weighted by Gasteiger charge is 2.38. The van der Waals surface area contributed by atoms with E-state index in [2.05, 4.69) is 22.6 Å². The molecular formula is C10H9IO. The number of halogens is 1. The summed E-state index contributed by atoms with van der Waals surface area (Å²) < 4.78 is -0.207. The second-order valence-corrected chi connectivity index (χ2v) is 5.74. The summed E-state index contributed by atoms with van der Waals surface area (Å²) in [5, 5.41) is 0. The lowest BCUT2D eigenvalue weighted by molar-refractivity contribution is 0.0972. The van der Waals surface area contributed by atoms with Gasteiger partial charge < -0.3 is 0 Å². The van der Waals surface area contributed by atoms with Crippen molar-refractivity contribution in [1.29, 1.82) is 0 Å². The number of ketones is 1. The van der Waals surface area contributed by atoms with Crippen molar-refractivity contribution < 1.29 is 4.79 Å². The Morgan fingerprint density at radius 3 is 2.75 bits per heavy atom. The molecule has 0 N–H and O–H groups in total. The second-order valence-electron chi connectivity index (χ2n) is 3.36. The second kappa shape index (κ2) is 2.55. The van der Waals surface area contributed by atoms with E-state index in [-0.39, 0.29) is 9.20 Å². The third-order valence-corrected chi connectivity index (χ3v) is 3.13. The van der Waals surface area contributed by atoms with Crippen LogP contribution in [0.4, 0.5) is 0 Å². The summed E-state index contributed by atoms with van der Waals surface area (Å²) >= 11 is 2.24. The van der Waals surface area contributed by atoms with Crippen molar-refractivity contribution in [1.82, 2.24) is 0 Å². The fraction of sp³-hybridized carbons (Fsp3) is 0.300. The van der Waals surface area contributed by atoms with Crippen LogP contribution in [0.2, 0.25) is 0 Å². The first-order valence-corrected chi connectivity index (χ1v) is 5.01. The Hall–Kier alpha value is -0.380. The predicted molar refractivity (Wildman–Crippen MR) is 56.9 cm³/mol. The molecule has 0 saturated heterocycles. The van der Waals surface area contributed by atoms with Crippen LogP contribution in [-0.2, 0) is 6.42 Å². The largest absolute Gasteiger partial charge is 0.293 e. The van der Waals surface area contributed by atoms with Crippen LogP contribution in [0.15, 0.2) is 24.3 Å². The standard InChI is InChI=1S/C10H9IO/c1-10(11)6-7-4-2-3-5-8(7)9(10)12/h2-5H,6H2,1H3. The number of hydrogen-bond acceptors (Lipinski definition) is 1. The van der Waals surface area contributed by atoms with E-state index in [4.69, 9.17) is 0 Å². The molecule has 2 heteroatoms. The van der Waals surface area contributed by atoms with E-state index in [1.165, 1.54) is 5.56 Å². The van der Waals surface area contributed by atoms with Gasteiger partial charge in [0.15, 0.2) is 5.78 Å². The van der Waals surface area contributed by atoms with Crippen molar-refractivity contribution in [3.05, 3.63) is 35.4 Å². The summed E-state index contributed by atoms with van der Waals surface area (Å²) in [6, 6.07) is 7.87. The maximum atomic E-state index is 11.7. The SMILES string of the molecule is CC1(I)Cc2ccccc2C1=O. The van der Waals surface area contributed by atoms with E-state index in [1.807, 2.05) is 31.2 Å². The lowest BCUT2D eigenvalue weighted by atomic mass is 10.1. The zero-order chi connectivity index (χ0) is 8.77. The van der Waals surface area contributed by atoms with Crippen LogP contribution in [0.3, 0.4) is 0 Å². The minimum absolute atomic E-state index is 0.207. The first-order valence-electron chi connectivity index (χ1n) is 3.93. The Bertz CT molecular complexity index is 341. The predicted octanol–water partition coefficient (Wildman–Crippen LogP) is 2.62. The molecule has 1 aliphatic carbocycles. The van der Waals surface area contributed by atoms with E-state index in [0.29, 0.717) is 0 Å². The summed E-state index contributed by atoms with van der Waals surface area (Å²) in [6.45, 7) is 2.00. The number of hydrogen-bond donors (Lipinski definition) is 0. The molecule has 1 aromatic carbocycles. The number of benzene rings is 1. The van der Waals surface area contributed by atoms with Crippen molar-refractivity contribution in [2.75, 3.05) is 0 Å². The molecule has 1 unspecified atom stereocenters. The third kappa shape index (κ3) is 1.09. The number of alkyl halides is 1. The number of carbonyl (C=O) groups excluding carboxylic acids is 1. The molecule has 12 heavy (non-hydrogen) atoms. The highest BCUT2D eigenvalue weighted by Crippen LogP contribution is 2.36. The zero-order valence-electron chi connectivity index (χ0n) is 6.80. The Labute approximate surface area is 85.3 Å². The monoisotopic (exact) mass is 272 g/mol. The molecule has 0 saturated carbocycles. The molecule has 62 valence electrons. The summed E-state index contributed by atoms with van der Waals surface area (Å²) in [7, 11) is 0. The van der Waals surface area contributed by atoms with Gasteiger partial charge in [0.25, 0.3) is 0 Å². The molecule has 0 aliphatic heterocycles. The van der Waals surface area contributed by atoms with E-state index in [1.54, 1.807) is 0 Å². The zero-order valence-corrected chi connectivity index (χ0v) is 8.96. The van der Waals surface area contributed by atoms with Crippen molar-refractivity contribution in [2.24, 2.45) is 0 Å². The van der Waals surface area contributed by atoms with Gasteiger partial charge in [-0.15, -0.1) is 0 Å². The van der Waals surface area contributed by atoms with E-state index < -0.39 is 0 Å². The summed E-state index contributed by atoms with van der Waals surface area (Å²) in [6.07, 6.45) is 0.878. The Balaban J connectivity index is 2.57. The van der Waals surface area contributed by atoms with Gasteiger partial charge >= 0.3 is 0 Å². The molecule has 1 aliphatic rings. The smallest absolute Gasteiger partial charge is 0.179 e. The molecule has 0 bridgehead atoms. The first-order chi connectivity index (χ1) is 5.61. The van der Waals surface area contributed by atoms with Gasteiger partial charge in [-0.25, -0.2) is 0 Å². The number of fused-ring (bicyclic) bond motifs is 1. The highest BCUT2D eigenvalue weighted by atomic mass is 127. The topological polar surface area (TPSA) is 17.1 Å². The van der Waals surface area contributed by atoms with Gasteiger partial charge in [0, 0.05) is 5.56 Å². The fourth-order valence-electron chi connectivity index (χ4n) is 1.61. The van der Waals surface area contributed by atoms with Crippen molar-refractivity contribution in [3.63, 3.8) is 0 Å². The molecule has 0 spiro atoms. The van der Waals surface area contributed by atoms with Gasteiger partial charge in [0.1, 0.15) is 0 Å². The van der Waals surface area contributed by atoms with Gasteiger partial charge in [0.05, 0.1) is 3.42 Å². The average molecular weight is 272 g/mol. The van der Waals surface area contributed by atoms with Crippen molar-refractivity contribution in [3.8, 4) is 0 Å². The molecule has 1 aromatic rings. The molecule has 0 aromatic heterocycles. The van der Waals surface area contributed by atoms with Crippen molar-refractivity contribution in [2.45, 2.75) is 16.8 Å². The van der Waals surface area contributed by atoms with E-state index in [0.717, 1.165) is 12.0 Å². The van der Waals surface area contributed by atoms with Crippen LogP contribution >= 0.6 is 22.6 Å². The Kier molecular flexibility index (Phi) is 1.75. The number of rotatable bonds is 0. The van der Waals surface area contributed by atoms with Gasteiger partial charge in [0.2, 0.25) is 0 Å². The van der Waals surface area contributed by atoms with Gasteiger partial charge in [-0.3, -0.25) is 4.79 Å². The lowest BCUT2D eigenvalue weighted by Crippen LogP contribution is -2.23. The summed E-state index contributed by atoms with van der Waals surface area (Å²) in [5.74, 6) is 0.277. The van der Waals surface area contributed by atoms with Crippen LogP contribution in [0.25, 0.3) is 0 Å². The number of Topliss-reactive ketones (excluding diaryl/α,β-unsaturated/α-hetero) is 1. The van der Waals surface area contributed by atoms with Crippen molar-refractivity contribution >= 4 is 28.4 Å². The van der Waals surface area contributed by atoms with Crippen LogP contribution in [-0.4, -0.2) is 9.20 Å². The fourth-order valence-corrected chi connectivity index (χ4v) is 2.32. The highest BCUT2D eigenvalue weighted by molar-refractivity contribution is 14.1. The minimum Gasteiger partial charge on any atom is -0.293 e. The maximum Gasteiger partial charge on any atom is 0.179 e. The molecular weight excluding hydrogens is 263 g/mol. The van der Waals surface area contributed by atoms with Crippen LogP contribution < -0.4 is 0 Å². The van der Waals surface area contributed by atoms with Crippen LogP contribution in [0.1, 0.15) is 22.8 Å². The Morgan fingerprint density at radius 2 is 2.08 bits per heavy atom. The molecule has 0 heterocycles. The average Bonchev–Trinajstić information content (AvgIpc) is 2.24. The molecule has 0 fully saturated rings. The third-order valence-electron chi connectivity index (χ3n) is 2.26. The lowest BCUT2D eigenvalue weighted by Gasteiger charge is -2.10. The maximum absolute atomic E-state index is 11.7. The Morgan fingerprint density at radius 1 is 1.42 bits per heavy atom. The normalized spacial score (nSPS) is 27.3. The summed E-state index contributed by atoms with van der Waals surface area (Å²) in [5.41, 5.74) is 2.11. The van der Waals surface area contributed by atoms with Crippen LogP contribution in [0.5, 0.6) is 0 Å². The molecule has 0 amide bonds. The van der Waals surface area contributed by atoms with E-state index in [9.17, 15) is 4.79 Å².